The molecular weight excluding hydrogens is 639 g/mol. The largest absolute Gasteiger partial charge is 0.456 e. The van der Waals surface area contributed by atoms with Crippen LogP contribution in [0.3, 0.4) is 0 Å². The van der Waals surface area contributed by atoms with Crippen LogP contribution in [-0.2, 0) is 0 Å². The minimum Gasteiger partial charge on any atom is -0.456 e. The molecule has 0 aliphatic carbocycles. The quantitative estimate of drug-likeness (QED) is 0.183. The Morgan fingerprint density at radius 2 is 0.885 bits per heavy atom. The fraction of sp³-hybridized carbons (Fsp3) is 0. The van der Waals surface area contributed by atoms with Crippen LogP contribution < -0.4 is 4.90 Å². The number of benzene rings is 8. The van der Waals surface area contributed by atoms with Crippen molar-refractivity contribution in [2.75, 3.05) is 4.90 Å². The number of anilines is 3. The van der Waals surface area contributed by atoms with Crippen LogP contribution in [0.5, 0.6) is 0 Å². The Hall–Kier alpha value is -7.04. The van der Waals surface area contributed by atoms with Crippen LogP contribution in [0, 0.1) is 0 Å². The fourth-order valence-corrected chi connectivity index (χ4v) is 8.00. The van der Waals surface area contributed by atoms with Crippen molar-refractivity contribution in [1.82, 2.24) is 0 Å². The summed E-state index contributed by atoms with van der Waals surface area (Å²) in [6, 6.07) is 61.1. The number of fused-ring (bicyclic) bond motifs is 9. The molecule has 244 valence electrons. The molecule has 0 saturated carbocycles. The maximum atomic E-state index is 6.77. The number of nitrogens with zero attached hydrogens (tertiary/aromatic N) is 1. The van der Waals surface area contributed by atoms with Crippen molar-refractivity contribution in [3.8, 4) is 22.3 Å². The number of hydrogen-bond acceptors (Lipinski definition) is 4. The predicted octanol–water partition coefficient (Wildman–Crippen LogP) is 14.2. The van der Waals surface area contributed by atoms with Gasteiger partial charge in [0.25, 0.3) is 0 Å². The molecule has 0 bridgehead atoms. The topological polar surface area (TPSA) is 42.7 Å². The van der Waals surface area contributed by atoms with Gasteiger partial charge in [-0.3, -0.25) is 0 Å². The third kappa shape index (κ3) is 4.28. The second kappa shape index (κ2) is 11.2. The first-order chi connectivity index (χ1) is 25.8. The Morgan fingerprint density at radius 3 is 1.69 bits per heavy atom. The zero-order valence-corrected chi connectivity index (χ0v) is 27.9. The maximum Gasteiger partial charge on any atom is 0.143 e. The smallest absolute Gasteiger partial charge is 0.143 e. The first kappa shape index (κ1) is 28.8. The SMILES string of the molecule is c1ccc(N(c2ccccc2)c2cccc3oc4c(-c5ccc6oc7c(-c8cccc9oc%10ccccc%10c89)cccc7c6c5)cccc4c23)cc1. The Bertz CT molecular complexity index is 3090. The van der Waals surface area contributed by atoms with Gasteiger partial charge in [0, 0.05) is 49.4 Å². The minimum absolute atomic E-state index is 0.843. The van der Waals surface area contributed by atoms with Crippen molar-refractivity contribution in [2.45, 2.75) is 0 Å². The van der Waals surface area contributed by atoms with Crippen LogP contribution in [-0.4, -0.2) is 0 Å². The summed E-state index contributed by atoms with van der Waals surface area (Å²) >= 11 is 0. The van der Waals surface area contributed by atoms with Crippen molar-refractivity contribution in [1.29, 1.82) is 0 Å². The molecular formula is C48H29NO3. The van der Waals surface area contributed by atoms with E-state index in [0.29, 0.717) is 0 Å². The first-order valence-electron chi connectivity index (χ1n) is 17.5. The number of rotatable bonds is 5. The lowest BCUT2D eigenvalue weighted by Gasteiger charge is -2.26. The average molecular weight is 668 g/mol. The van der Waals surface area contributed by atoms with Gasteiger partial charge in [0.2, 0.25) is 0 Å². The predicted molar refractivity (Wildman–Crippen MR) is 214 cm³/mol. The van der Waals surface area contributed by atoms with Gasteiger partial charge in [-0.05, 0) is 71.8 Å². The van der Waals surface area contributed by atoms with Gasteiger partial charge in [0.15, 0.2) is 0 Å². The van der Waals surface area contributed by atoms with Crippen LogP contribution in [0.15, 0.2) is 189 Å². The van der Waals surface area contributed by atoms with Crippen molar-refractivity contribution in [2.24, 2.45) is 0 Å². The molecule has 0 saturated heterocycles. The molecule has 0 aliphatic heterocycles. The first-order valence-corrected chi connectivity index (χ1v) is 17.5. The van der Waals surface area contributed by atoms with Crippen LogP contribution >= 0.6 is 0 Å². The summed E-state index contributed by atoms with van der Waals surface area (Å²) in [7, 11) is 0. The maximum absolute atomic E-state index is 6.77. The fourth-order valence-electron chi connectivity index (χ4n) is 8.00. The van der Waals surface area contributed by atoms with Crippen molar-refractivity contribution >= 4 is 82.9 Å². The van der Waals surface area contributed by atoms with Gasteiger partial charge in [-0.15, -0.1) is 0 Å². The number of furan rings is 3. The molecule has 11 rings (SSSR count). The average Bonchev–Trinajstić information content (AvgIpc) is 3.90. The van der Waals surface area contributed by atoms with Gasteiger partial charge < -0.3 is 18.2 Å². The Morgan fingerprint density at radius 1 is 0.327 bits per heavy atom. The normalized spacial score (nSPS) is 11.8. The molecule has 52 heavy (non-hydrogen) atoms. The van der Waals surface area contributed by atoms with Crippen molar-refractivity contribution in [3.63, 3.8) is 0 Å². The number of para-hydroxylation sites is 5. The Labute approximate surface area is 298 Å². The van der Waals surface area contributed by atoms with Gasteiger partial charge in [0.05, 0.1) is 11.1 Å². The van der Waals surface area contributed by atoms with E-state index in [1.54, 1.807) is 0 Å². The van der Waals surface area contributed by atoms with Gasteiger partial charge in [-0.2, -0.15) is 0 Å². The summed E-state index contributed by atoms with van der Waals surface area (Å²) in [6.45, 7) is 0. The van der Waals surface area contributed by atoms with Crippen molar-refractivity contribution < 1.29 is 13.3 Å². The van der Waals surface area contributed by atoms with E-state index in [4.69, 9.17) is 13.3 Å². The zero-order valence-electron chi connectivity index (χ0n) is 27.9. The lowest BCUT2D eigenvalue weighted by Crippen LogP contribution is -2.09. The molecule has 4 nitrogen and oxygen atoms in total. The lowest BCUT2D eigenvalue weighted by atomic mass is 9.96. The molecule has 0 unspecified atom stereocenters. The van der Waals surface area contributed by atoms with Gasteiger partial charge in [-0.25, -0.2) is 0 Å². The van der Waals surface area contributed by atoms with E-state index in [1.165, 1.54) is 0 Å². The van der Waals surface area contributed by atoms with E-state index >= 15 is 0 Å². The highest BCUT2D eigenvalue weighted by atomic mass is 16.3. The molecule has 8 aromatic carbocycles. The molecule has 0 amide bonds. The molecule has 4 heteroatoms. The minimum atomic E-state index is 0.843. The van der Waals surface area contributed by atoms with Crippen LogP contribution in [0.1, 0.15) is 0 Å². The summed E-state index contributed by atoms with van der Waals surface area (Å²) in [5, 5.41) is 6.47. The van der Waals surface area contributed by atoms with E-state index in [9.17, 15) is 0 Å². The highest BCUT2D eigenvalue weighted by Crippen LogP contribution is 2.46. The zero-order chi connectivity index (χ0) is 34.2. The monoisotopic (exact) mass is 667 g/mol. The van der Waals surface area contributed by atoms with Gasteiger partial charge >= 0.3 is 0 Å². The van der Waals surface area contributed by atoms with Crippen molar-refractivity contribution in [3.05, 3.63) is 176 Å². The molecule has 0 fully saturated rings. The van der Waals surface area contributed by atoms with E-state index in [1.807, 2.05) is 18.2 Å². The highest BCUT2D eigenvalue weighted by Gasteiger charge is 2.22. The molecule has 3 heterocycles. The van der Waals surface area contributed by atoms with Crippen LogP contribution in [0.25, 0.3) is 88.1 Å². The lowest BCUT2D eigenvalue weighted by molar-refractivity contribution is 0.668. The second-order valence-electron chi connectivity index (χ2n) is 13.2. The van der Waals surface area contributed by atoms with E-state index in [0.717, 1.165) is 105 Å². The molecule has 11 aromatic rings. The summed E-state index contributed by atoms with van der Waals surface area (Å²) < 4.78 is 19.7. The molecule has 0 spiro atoms. The van der Waals surface area contributed by atoms with E-state index in [-0.39, 0.29) is 0 Å². The summed E-state index contributed by atoms with van der Waals surface area (Å²) in [6.07, 6.45) is 0. The highest BCUT2D eigenvalue weighted by molar-refractivity contribution is 6.19. The second-order valence-corrected chi connectivity index (χ2v) is 13.2. The summed E-state index contributed by atoms with van der Waals surface area (Å²) in [5.74, 6) is 0. The molecule has 0 atom stereocenters. The number of hydrogen-bond donors (Lipinski definition) is 0. The van der Waals surface area contributed by atoms with Gasteiger partial charge in [0.1, 0.15) is 33.5 Å². The van der Waals surface area contributed by atoms with Gasteiger partial charge in [-0.1, -0.05) is 115 Å². The van der Waals surface area contributed by atoms with E-state index in [2.05, 4.69) is 163 Å². The van der Waals surface area contributed by atoms with Crippen LogP contribution in [0.4, 0.5) is 17.1 Å². The Balaban J connectivity index is 1.09. The molecule has 0 aliphatic rings. The molecule has 3 aromatic heterocycles. The van der Waals surface area contributed by atoms with E-state index < -0.39 is 0 Å². The standard InChI is InChI=1S/C48H29NO3/c1-3-13-31(14-4-1)49(32-15-5-2-6-16-32)40-23-12-26-44-46(40)38-22-9-18-33(47(38)52-44)30-27-28-42-39(29-30)36-21-10-20-35(48(36)51-42)34-19-11-25-43-45(34)37-17-7-8-24-41(37)50-43/h1-29H. The van der Waals surface area contributed by atoms with Crippen LogP contribution in [0.2, 0.25) is 0 Å². The molecule has 0 N–H and O–H groups in total. The Kier molecular flexibility index (Phi) is 6.22. The summed E-state index contributed by atoms with van der Waals surface area (Å²) in [5.41, 5.74) is 12.6. The third-order valence-electron chi connectivity index (χ3n) is 10.3. The molecule has 0 radical (unpaired) electrons. The summed E-state index contributed by atoms with van der Waals surface area (Å²) in [4.78, 5) is 2.30. The third-order valence-corrected chi connectivity index (χ3v) is 10.3.